The molecule has 6 rings (SSSR count). The van der Waals surface area contributed by atoms with Gasteiger partial charge >= 0.3 is 0 Å². The van der Waals surface area contributed by atoms with Crippen molar-refractivity contribution in [3.8, 4) is 0 Å². The molecule has 110 heavy (non-hydrogen) atoms. The maximum absolute atomic E-state index is 15.3. The number of Topliss-reactive ketones (excluding diaryl/α,β-unsaturated/α-hetero) is 1. The van der Waals surface area contributed by atoms with E-state index in [0.717, 1.165) is 13.8 Å². The van der Waals surface area contributed by atoms with Gasteiger partial charge in [-0.1, -0.05) is 109 Å². The van der Waals surface area contributed by atoms with Gasteiger partial charge in [-0.15, -0.1) is 0 Å². The van der Waals surface area contributed by atoms with Gasteiger partial charge in [0, 0.05) is 80.5 Å². The number of aliphatic imine (C=N–C) groups is 1. The lowest BCUT2D eigenvalue weighted by Crippen LogP contribution is -2.63. The number of aromatic nitrogens is 3. The standard InChI is InChI=1S/C73H100N18O17S2/c1-42(93)61(71(104)88-57(33-46-21-10-5-11-22-46)69(102)91-62(43(2)94)72(105)89-60(39-92)70(103)82-49(40-110(106,107)108)35-50(95)27-30-109)90-64(97)54(26-14-15-28-74)83-67(100)58(34-47-37-80-53-25-13-12-23-51(47)53)87-66(99)56(32-45-19-8-4-9-20-45)85-65(98)55(31-44-17-6-3-7-18-44)86-68(101)59(36-48-38-78-41-81-48)84-63(96)52(75)24-16-29-79-73(76)77/h3-13,17-23,25,37-38,41-43,49,52,54-62,80,92-94,109H,14-16,24,26-36,39-40,74-75H2,1-2H3,(H,78,81)(H,82,103)(H,83,100)(H,84,96)(H,85,98)(H,86,101)(H,87,99)(H,88,104)(H,89,105)(H,90,97)(H,91,102)(H4,76,77,79)(H,106,107,108)/t42-,43-,49?,52+,54+,55+,56+,57+,58-,59+,60+,61+,62+/m1/s1. The second kappa shape index (κ2) is 44.7. The Labute approximate surface area is 641 Å². The van der Waals surface area contributed by atoms with Gasteiger partial charge in [0.25, 0.3) is 10.1 Å². The minimum Gasteiger partial charge on any atom is -0.394 e. The first kappa shape index (κ1) is 88.2. The second-order valence-electron chi connectivity index (χ2n) is 26.5. The van der Waals surface area contributed by atoms with Crippen LogP contribution in [0.5, 0.6) is 0 Å². The van der Waals surface area contributed by atoms with Gasteiger partial charge in [-0.25, -0.2) is 4.98 Å². The summed E-state index contributed by atoms with van der Waals surface area (Å²) in [4.78, 5) is 172. The molecule has 0 bridgehead atoms. The predicted octanol–water partition coefficient (Wildman–Crippen LogP) is -3.32. The minimum absolute atomic E-state index is 0.0738. The summed E-state index contributed by atoms with van der Waals surface area (Å²) in [6.45, 7) is 1.44. The Morgan fingerprint density at radius 1 is 0.527 bits per heavy atom. The van der Waals surface area contributed by atoms with E-state index in [0.29, 0.717) is 51.7 Å². The summed E-state index contributed by atoms with van der Waals surface area (Å²) in [5, 5.41) is 58.7. The number of para-hydroxylation sites is 1. The number of carbonyl (C=O) groups excluding carboxylic acids is 11. The lowest BCUT2D eigenvalue weighted by Gasteiger charge is -2.29. The molecule has 37 heteroatoms. The number of aliphatic hydroxyl groups excluding tert-OH is 3. The Morgan fingerprint density at radius 3 is 1.43 bits per heavy atom. The molecular weight excluding hydrogens is 1470 g/mol. The molecule has 0 fully saturated rings. The Bertz CT molecular complexity index is 4160. The molecule has 2 heterocycles. The maximum Gasteiger partial charge on any atom is 0.266 e. The second-order valence-corrected chi connectivity index (χ2v) is 28.4. The van der Waals surface area contributed by atoms with Crippen molar-refractivity contribution >= 4 is 104 Å². The minimum atomic E-state index is -4.79. The zero-order valence-corrected chi connectivity index (χ0v) is 62.6. The monoisotopic (exact) mass is 1560 g/mol. The van der Waals surface area contributed by atoms with Gasteiger partial charge in [-0.05, 0) is 86.6 Å². The topological polar surface area (TPSA) is 584 Å². The molecule has 0 aliphatic rings. The Balaban J connectivity index is 1.27. The molecule has 13 atom stereocenters. The third kappa shape index (κ3) is 29.7. The molecule has 0 spiro atoms. The van der Waals surface area contributed by atoms with Gasteiger partial charge in [-0.2, -0.15) is 21.0 Å². The maximum atomic E-state index is 15.3. The number of nitrogens with one attached hydrogen (secondary N) is 12. The third-order valence-electron chi connectivity index (χ3n) is 17.5. The van der Waals surface area contributed by atoms with Crippen molar-refractivity contribution in [1.82, 2.24) is 68.1 Å². The number of amides is 10. The number of aromatic amines is 2. The molecule has 6 aromatic rings. The average Bonchev–Trinajstić information content (AvgIpc) is 1.61. The molecule has 596 valence electrons. The normalized spacial score (nSPS) is 14.9. The van der Waals surface area contributed by atoms with E-state index in [-0.39, 0.29) is 82.6 Å². The molecule has 4 aromatic carbocycles. The molecular formula is C73H100N18O17S2. The quantitative estimate of drug-likeness (QED) is 0.00584. The number of nitrogens with two attached hydrogens (primary N) is 4. The first-order valence-corrected chi connectivity index (χ1v) is 37.9. The van der Waals surface area contributed by atoms with Crippen molar-refractivity contribution in [2.24, 2.45) is 27.9 Å². The highest BCUT2D eigenvalue weighted by Gasteiger charge is 2.39. The van der Waals surface area contributed by atoms with Crippen LogP contribution >= 0.6 is 12.6 Å². The van der Waals surface area contributed by atoms with Gasteiger partial charge in [-0.3, -0.25) is 62.3 Å². The number of ketones is 1. The number of guanidine groups is 1. The van der Waals surface area contributed by atoms with Gasteiger partial charge in [0.1, 0.15) is 60.2 Å². The molecule has 0 aliphatic carbocycles. The number of benzene rings is 4. The van der Waals surface area contributed by atoms with Crippen molar-refractivity contribution in [3.63, 3.8) is 0 Å². The molecule has 1 unspecified atom stereocenters. The average molecular weight is 1570 g/mol. The summed E-state index contributed by atoms with van der Waals surface area (Å²) in [5.41, 5.74) is 26.3. The molecule has 0 saturated heterocycles. The predicted molar refractivity (Wildman–Crippen MR) is 410 cm³/mol. The number of H-pyrrole nitrogens is 2. The van der Waals surface area contributed by atoms with Crippen LogP contribution in [-0.4, -0.2) is 224 Å². The summed E-state index contributed by atoms with van der Waals surface area (Å²) < 4.78 is 33.2. The van der Waals surface area contributed by atoms with Gasteiger partial charge in [0.15, 0.2) is 5.96 Å². The summed E-state index contributed by atoms with van der Waals surface area (Å²) in [6, 6.07) is 15.0. The number of fused-ring (bicyclic) bond motifs is 1. The molecule has 2 aromatic heterocycles. The highest BCUT2D eigenvalue weighted by atomic mass is 32.2. The van der Waals surface area contributed by atoms with E-state index in [2.05, 4.69) is 85.7 Å². The lowest BCUT2D eigenvalue weighted by atomic mass is 10.00. The molecule has 24 N–H and O–H groups in total. The van der Waals surface area contributed by atoms with E-state index in [1.807, 2.05) is 0 Å². The smallest absolute Gasteiger partial charge is 0.266 e. The van der Waals surface area contributed by atoms with Crippen molar-refractivity contribution in [2.75, 3.05) is 31.2 Å². The van der Waals surface area contributed by atoms with Crippen LogP contribution in [0.1, 0.15) is 86.7 Å². The fourth-order valence-corrected chi connectivity index (χ4v) is 12.7. The van der Waals surface area contributed by atoms with Crippen LogP contribution < -0.4 is 76.1 Å². The van der Waals surface area contributed by atoms with E-state index >= 15 is 14.4 Å². The first-order chi connectivity index (χ1) is 52.4. The molecule has 0 aliphatic heterocycles. The summed E-state index contributed by atoms with van der Waals surface area (Å²) in [6.07, 6.45) is 0.113. The van der Waals surface area contributed by atoms with Gasteiger partial charge in [0.2, 0.25) is 59.1 Å². The zero-order valence-electron chi connectivity index (χ0n) is 60.9. The first-order valence-electron chi connectivity index (χ1n) is 35.7. The largest absolute Gasteiger partial charge is 0.394 e. The number of imidazole rings is 1. The van der Waals surface area contributed by atoms with Crippen LogP contribution in [0.3, 0.4) is 0 Å². The SMILES string of the molecule is C[C@@H](O)[C@H](NC(=O)[C@H](Cc1ccccc1)NC(=O)[C@@H](NC(=O)[C@H](CCCCN)NC(=O)[C@@H](Cc1c[nH]c2ccccc12)NC(=O)[C@H](Cc1ccccc1)NC(=O)[C@H](Cc1ccccc1)NC(=O)[C@H](Cc1cnc[nH]1)NC(=O)[C@@H](N)CCCN=C(N)N)[C@@H](C)O)C(=O)N[C@@H](CO)C(=O)NC(CC(=O)CCS)CS(=O)(=O)O. The number of hydrogen-bond acceptors (Lipinski definition) is 21. The summed E-state index contributed by atoms with van der Waals surface area (Å²) in [7, 11) is -4.79. The Hall–Kier alpha value is -10.7. The zero-order chi connectivity index (χ0) is 80.5. The van der Waals surface area contributed by atoms with Crippen LogP contribution in [-0.2, 0) is 95.0 Å². The number of carbonyl (C=O) groups is 11. The Morgan fingerprint density at radius 2 is 0.964 bits per heavy atom. The van der Waals surface area contributed by atoms with E-state index in [4.69, 9.17) is 22.9 Å². The summed E-state index contributed by atoms with van der Waals surface area (Å²) in [5.74, 6) is -11.8. The highest BCUT2D eigenvalue weighted by Crippen LogP contribution is 2.21. The van der Waals surface area contributed by atoms with E-state index in [1.165, 1.54) is 12.5 Å². The van der Waals surface area contributed by atoms with E-state index in [9.17, 15) is 66.6 Å². The molecule has 10 amide bonds. The number of unbranched alkanes of at least 4 members (excludes halogenated alkanes) is 1. The van der Waals surface area contributed by atoms with E-state index in [1.54, 1.807) is 121 Å². The van der Waals surface area contributed by atoms with Crippen molar-refractivity contribution in [3.05, 3.63) is 162 Å². The highest BCUT2D eigenvalue weighted by molar-refractivity contribution is 7.85. The fourth-order valence-electron chi connectivity index (χ4n) is 11.8. The Kier molecular flexibility index (Phi) is 35.9. The number of aliphatic hydroxyl groups is 3. The van der Waals surface area contributed by atoms with Crippen molar-refractivity contribution < 1.29 is 81.0 Å². The number of nitrogens with zero attached hydrogens (tertiary/aromatic N) is 2. The van der Waals surface area contributed by atoms with Gasteiger partial charge < -0.3 is 101 Å². The van der Waals surface area contributed by atoms with Crippen LogP contribution in [0.4, 0.5) is 0 Å². The van der Waals surface area contributed by atoms with Crippen LogP contribution in [0.25, 0.3) is 10.9 Å². The van der Waals surface area contributed by atoms with Crippen molar-refractivity contribution in [1.29, 1.82) is 0 Å². The summed E-state index contributed by atoms with van der Waals surface area (Å²) >= 11 is 3.97. The number of hydrogen-bond donors (Lipinski definition) is 21. The van der Waals surface area contributed by atoms with Crippen LogP contribution in [0, 0.1) is 0 Å². The van der Waals surface area contributed by atoms with Crippen LogP contribution in [0.15, 0.2) is 139 Å². The molecule has 0 saturated carbocycles. The van der Waals surface area contributed by atoms with E-state index < -0.39 is 172 Å². The fraction of sp³-hybridized carbons (Fsp3) is 0.438. The van der Waals surface area contributed by atoms with Crippen LogP contribution in [0.2, 0.25) is 0 Å². The lowest BCUT2D eigenvalue weighted by molar-refractivity contribution is -0.138. The number of thiol groups is 1. The molecule has 35 nitrogen and oxygen atoms in total. The van der Waals surface area contributed by atoms with Crippen molar-refractivity contribution in [2.45, 2.75) is 170 Å². The number of rotatable bonds is 47. The van der Waals surface area contributed by atoms with Gasteiger partial charge in [0.05, 0.1) is 43.0 Å². The third-order valence-corrected chi connectivity index (χ3v) is 18.6. The molecule has 0 radical (unpaired) electrons.